The molecule has 1 aromatic rings. The van der Waals surface area contributed by atoms with E-state index >= 15 is 0 Å². The quantitative estimate of drug-likeness (QED) is 0.266. The van der Waals surface area contributed by atoms with Crippen molar-refractivity contribution >= 4 is 41.8 Å². The second-order valence-corrected chi connectivity index (χ2v) is 7.69. The van der Waals surface area contributed by atoms with Gasteiger partial charge < -0.3 is 19.9 Å². The molecule has 0 radical (unpaired) electrons. The first-order chi connectivity index (χ1) is 14.1. The number of hydrogen-bond donors (Lipinski definition) is 1. The van der Waals surface area contributed by atoms with Crippen molar-refractivity contribution in [2.24, 2.45) is 10.9 Å². The minimum absolute atomic E-state index is 0. The number of methoxy groups -OCH3 is 1. The van der Waals surface area contributed by atoms with E-state index in [1.54, 1.807) is 0 Å². The van der Waals surface area contributed by atoms with Gasteiger partial charge in [0.15, 0.2) is 5.96 Å². The predicted molar refractivity (Wildman–Crippen MR) is 128 cm³/mol. The summed E-state index contributed by atoms with van der Waals surface area (Å²) in [5.74, 6) is 1.03. The summed E-state index contributed by atoms with van der Waals surface area (Å²) in [6, 6.07) is 8.36. The van der Waals surface area contributed by atoms with Crippen molar-refractivity contribution in [1.29, 1.82) is 0 Å². The second kappa shape index (κ2) is 12.1. The minimum atomic E-state index is -0.109. The van der Waals surface area contributed by atoms with Crippen molar-refractivity contribution in [2.75, 3.05) is 33.3 Å². The molecule has 0 aromatic heterocycles. The molecule has 30 heavy (non-hydrogen) atoms. The van der Waals surface area contributed by atoms with Gasteiger partial charge in [0, 0.05) is 39.1 Å². The number of carbonyl (C=O) groups excluding carboxylic acids is 2. The molecule has 8 heteroatoms. The first kappa shape index (κ1) is 24.4. The highest BCUT2D eigenvalue weighted by Gasteiger charge is 2.27. The molecule has 2 heterocycles. The third-order valence-corrected chi connectivity index (χ3v) is 5.64. The summed E-state index contributed by atoms with van der Waals surface area (Å²) in [5, 5.41) is 3.36. The largest absolute Gasteiger partial charge is 0.469 e. The molecule has 166 valence electrons. The Kier molecular flexibility index (Phi) is 9.87. The van der Waals surface area contributed by atoms with Gasteiger partial charge in [0.05, 0.1) is 19.6 Å². The summed E-state index contributed by atoms with van der Waals surface area (Å²) in [6.45, 7) is 6.62. The molecule has 1 aromatic carbocycles. The van der Waals surface area contributed by atoms with Gasteiger partial charge in [0.1, 0.15) is 0 Å². The Balaban J connectivity index is 0.00000320. The number of carbonyl (C=O) groups is 2. The Hall–Kier alpha value is -1.84. The van der Waals surface area contributed by atoms with Crippen molar-refractivity contribution in [1.82, 2.24) is 15.1 Å². The molecular formula is C22H33IN4O3. The molecule has 0 spiro atoms. The van der Waals surface area contributed by atoms with Crippen molar-refractivity contribution in [3.05, 3.63) is 35.4 Å². The molecule has 2 saturated heterocycles. The number of hydrogen-bond acceptors (Lipinski definition) is 4. The van der Waals surface area contributed by atoms with Crippen LogP contribution in [0.3, 0.4) is 0 Å². The number of esters is 1. The maximum Gasteiger partial charge on any atom is 0.308 e. The van der Waals surface area contributed by atoms with Gasteiger partial charge in [-0.2, -0.15) is 0 Å². The van der Waals surface area contributed by atoms with Crippen LogP contribution >= 0.6 is 24.0 Å². The summed E-state index contributed by atoms with van der Waals surface area (Å²) in [6.07, 6.45) is 3.23. The first-order valence-corrected chi connectivity index (χ1v) is 10.6. The van der Waals surface area contributed by atoms with Crippen LogP contribution in [0.1, 0.15) is 43.7 Å². The Bertz CT molecular complexity index is 730. The van der Waals surface area contributed by atoms with Gasteiger partial charge in [-0.1, -0.05) is 24.3 Å². The number of benzene rings is 1. The number of rotatable bonds is 6. The molecule has 1 N–H and O–H groups in total. The van der Waals surface area contributed by atoms with Crippen LogP contribution < -0.4 is 5.32 Å². The summed E-state index contributed by atoms with van der Waals surface area (Å²) < 4.78 is 4.87. The van der Waals surface area contributed by atoms with Gasteiger partial charge in [-0.25, -0.2) is 4.99 Å². The van der Waals surface area contributed by atoms with E-state index in [0.29, 0.717) is 19.5 Å². The van der Waals surface area contributed by atoms with Gasteiger partial charge in [0.25, 0.3) is 0 Å². The van der Waals surface area contributed by atoms with E-state index < -0.39 is 0 Å². The van der Waals surface area contributed by atoms with Crippen LogP contribution in [0.15, 0.2) is 29.3 Å². The lowest BCUT2D eigenvalue weighted by atomic mass is 9.97. The third kappa shape index (κ3) is 6.58. The number of halogens is 1. The number of nitrogens with zero attached hydrogens (tertiary/aromatic N) is 3. The summed E-state index contributed by atoms with van der Waals surface area (Å²) in [5.41, 5.74) is 2.30. The number of guanidine groups is 1. The molecule has 7 nitrogen and oxygen atoms in total. The van der Waals surface area contributed by atoms with Crippen LogP contribution in [0.2, 0.25) is 0 Å². The molecule has 0 bridgehead atoms. The number of piperidine rings is 1. The fourth-order valence-corrected chi connectivity index (χ4v) is 3.93. The Morgan fingerprint density at radius 1 is 1.17 bits per heavy atom. The van der Waals surface area contributed by atoms with Crippen LogP contribution in [-0.2, 0) is 27.4 Å². The van der Waals surface area contributed by atoms with E-state index in [2.05, 4.69) is 41.4 Å². The normalized spacial score (nSPS) is 17.7. The maximum absolute atomic E-state index is 11.8. The molecule has 2 aliphatic rings. The summed E-state index contributed by atoms with van der Waals surface area (Å²) in [7, 11) is 1.45. The van der Waals surface area contributed by atoms with Crippen molar-refractivity contribution in [3.63, 3.8) is 0 Å². The van der Waals surface area contributed by atoms with Crippen molar-refractivity contribution < 1.29 is 14.3 Å². The second-order valence-electron chi connectivity index (χ2n) is 7.69. The fourth-order valence-electron chi connectivity index (χ4n) is 3.93. The van der Waals surface area contributed by atoms with E-state index in [4.69, 9.17) is 9.73 Å². The summed E-state index contributed by atoms with van der Waals surface area (Å²) in [4.78, 5) is 32.4. The van der Waals surface area contributed by atoms with Gasteiger partial charge in [-0.05, 0) is 37.3 Å². The molecule has 0 unspecified atom stereocenters. The van der Waals surface area contributed by atoms with Crippen molar-refractivity contribution in [2.45, 2.75) is 45.7 Å². The average Bonchev–Trinajstić information content (AvgIpc) is 3.16. The van der Waals surface area contributed by atoms with E-state index in [0.717, 1.165) is 62.5 Å². The molecule has 2 fully saturated rings. The zero-order valence-corrected chi connectivity index (χ0v) is 20.3. The number of aliphatic imine (C=N–C) groups is 1. The standard InChI is InChI=1S/C22H32N4O3.HI/c1-3-23-22(25-13-10-19(11-14-25)21(28)29-2)24-15-17-6-8-18(9-7-17)16-26-12-4-5-20(26)27;/h6-9,19H,3-5,10-16H2,1-2H3,(H,23,24);1H. The van der Waals surface area contributed by atoms with E-state index in [1.807, 2.05) is 4.90 Å². The molecule has 0 saturated carbocycles. The average molecular weight is 528 g/mol. The molecule has 0 aliphatic carbocycles. The third-order valence-electron chi connectivity index (χ3n) is 5.64. The lowest BCUT2D eigenvalue weighted by molar-refractivity contribution is -0.146. The molecule has 3 rings (SSSR count). The lowest BCUT2D eigenvalue weighted by Crippen LogP contribution is -2.46. The topological polar surface area (TPSA) is 74.2 Å². The van der Waals surface area contributed by atoms with Gasteiger partial charge in [0.2, 0.25) is 5.91 Å². The molecule has 2 aliphatic heterocycles. The van der Waals surface area contributed by atoms with Crippen LogP contribution in [0.5, 0.6) is 0 Å². The Morgan fingerprint density at radius 3 is 2.40 bits per heavy atom. The highest BCUT2D eigenvalue weighted by Crippen LogP contribution is 2.19. The summed E-state index contributed by atoms with van der Waals surface area (Å²) >= 11 is 0. The van der Waals surface area contributed by atoms with E-state index in [-0.39, 0.29) is 41.8 Å². The monoisotopic (exact) mass is 528 g/mol. The van der Waals surface area contributed by atoms with E-state index in [9.17, 15) is 9.59 Å². The molecule has 0 atom stereocenters. The van der Waals surface area contributed by atoms with Crippen LogP contribution in [0.25, 0.3) is 0 Å². The Morgan fingerprint density at radius 2 is 1.83 bits per heavy atom. The smallest absolute Gasteiger partial charge is 0.308 e. The molecular weight excluding hydrogens is 495 g/mol. The van der Waals surface area contributed by atoms with Gasteiger partial charge >= 0.3 is 5.97 Å². The molecule has 1 amide bonds. The van der Waals surface area contributed by atoms with Crippen LogP contribution in [-0.4, -0.2) is 60.9 Å². The highest BCUT2D eigenvalue weighted by molar-refractivity contribution is 14.0. The zero-order chi connectivity index (χ0) is 20.6. The fraction of sp³-hybridized carbons (Fsp3) is 0.591. The van der Waals surface area contributed by atoms with Crippen LogP contribution in [0.4, 0.5) is 0 Å². The predicted octanol–water partition coefficient (Wildman–Crippen LogP) is 2.78. The Labute approximate surface area is 196 Å². The number of ether oxygens (including phenoxy) is 1. The maximum atomic E-state index is 11.8. The van der Waals surface area contributed by atoms with Gasteiger partial charge in [-0.3, -0.25) is 9.59 Å². The number of nitrogens with one attached hydrogen (secondary N) is 1. The minimum Gasteiger partial charge on any atom is -0.469 e. The zero-order valence-electron chi connectivity index (χ0n) is 17.9. The first-order valence-electron chi connectivity index (χ1n) is 10.6. The number of likely N-dealkylation sites (tertiary alicyclic amines) is 2. The van der Waals surface area contributed by atoms with E-state index in [1.165, 1.54) is 7.11 Å². The van der Waals surface area contributed by atoms with Crippen LogP contribution in [0, 0.1) is 5.92 Å². The van der Waals surface area contributed by atoms with Crippen molar-refractivity contribution in [3.8, 4) is 0 Å². The lowest BCUT2D eigenvalue weighted by Gasteiger charge is -2.33. The van der Waals surface area contributed by atoms with Gasteiger partial charge in [-0.15, -0.1) is 24.0 Å². The highest BCUT2D eigenvalue weighted by atomic mass is 127. The number of amides is 1. The SMILES string of the molecule is CCNC(=NCc1ccc(CN2CCCC2=O)cc1)N1CCC(C(=O)OC)CC1.I.